The molecule has 6 heteroatoms. The number of carbonyl (C=O) groups excluding carboxylic acids is 1. The van der Waals surface area contributed by atoms with Gasteiger partial charge in [0.1, 0.15) is 11.9 Å². The van der Waals surface area contributed by atoms with E-state index in [1.54, 1.807) is 12.1 Å². The van der Waals surface area contributed by atoms with Gasteiger partial charge >= 0.3 is 5.97 Å². The monoisotopic (exact) mass is 337 g/mol. The minimum absolute atomic E-state index is 0.261. The second-order valence-corrected chi connectivity index (χ2v) is 5.75. The highest BCUT2D eigenvalue weighted by molar-refractivity contribution is 5.85. The molecule has 0 bridgehead atoms. The van der Waals surface area contributed by atoms with Crippen molar-refractivity contribution in [1.82, 2.24) is 4.57 Å². The van der Waals surface area contributed by atoms with E-state index in [-0.39, 0.29) is 12.2 Å². The minimum atomic E-state index is -0.912. The van der Waals surface area contributed by atoms with Crippen molar-refractivity contribution in [2.75, 3.05) is 0 Å². The average molecular weight is 337 g/mol. The molecule has 3 rings (SSSR count). The van der Waals surface area contributed by atoms with Crippen LogP contribution in [0.15, 0.2) is 54.7 Å². The van der Waals surface area contributed by atoms with Gasteiger partial charge < -0.3 is 15.0 Å². The van der Waals surface area contributed by atoms with Crippen LogP contribution in [0.1, 0.15) is 11.1 Å². The Morgan fingerprint density at radius 1 is 1.24 bits per heavy atom. The van der Waals surface area contributed by atoms with E-state index in [9.17, 15) is 9.18 Å². The van der Waals surface area contributed by atoms with E-state index < -0.39 is 12.0 Å². The van der Waals surface area contributed by atoms with Gasteiger partial charge in [-0.2, -0.15) is 0 Å². The molecule has 0 saturated carbocycles. The van der Waals surface area contributed by atoms with Crippen molar-refractivity contribution in [1.29, 1.82) is 5.26 Å². The van der Waals surface area contributed by atoms with Crippen molar-refractivity contribution in [3.63, 3.8) is 0 Å². The molecule has 0 radical (unpaired) electrons. The summed E-state index contributed by atoms with van der Waals surface area (Å²) in [5.74, 6) is -1.03. The smallest absolute Gasteiger partial charge is 0.338 e. The third-order valence-electron chi connectivity index (χ3n) is 4.03. The number of hydrogen-bond donors (Lipinski definition) is 1. The van der Waals surface area contributed by atoms with Gasteiger partial charge in [-0.15, -0.1) is 5.26 Å². The number of para-hydroxylation sites is 1. The number of fused-ring (bicyclic) bond motifs is 1. The fraction of sp³-hybridized carbons (Fsp3) is 0.158. The van der Waals surface area contributed by atoms with Gasteiger partial charge in [-0.05, 0) is 29.3 Å². The van der Waals surface area contributed by atoms with Crippen LogP contribution in [0.25, 0.3) is 10.9 Å². The highest BCUT2D eigenvalue weighted by Gasteiger charge is 2.19. The molecule has 1 atom stereocenters. The van der Waals surface area contributed by atoms with E-state index >= 15 is 0 Å². The van der Waals surface area contributed by atoms with Crippen LogP contribution >= 0.6 is 0 Å². The second-order valence-electron chi connectivity index (χ2n) is 5.75. The summed E-state index contributed by atoms with van der Waals surface area (Å²) < 4.78 is 19.4. The molecular weight excluding hydrogens is 321 g/mol. The Morgan fingerprint density at radius 2 is 1.96 bits per heavy atom. The van der Waals surface area contributed by atoms with Gasteiger partial charge in [0.15, 0.2) is 0 Å². The van der Waals surface area contributed by atoms with Crippen LogP contribution in [0.5, 0.6) is 0 Å². The molecule has 1 aromatic heterocycles. The quantitative estimate of drug-likeness (QED) is 0.573. The summed E-state index contributed by atoms with van der Waals surface area (Å²) in [7, 11) is 0. The highest BCUT2D eigenvalue weighted by Crippen LogP contribution is 2.23. The van der Waals surface area contributed by atoms with E-state index in [0.717, 1.165) is 22.0 Å². The summed E-state index contributed by atoms with van der Waals surface area (Å²) in [6.45, 7) is 0.568. The number of nitrogens with zero attached hydrogens (tertiary/aromatic N) is 2. The van der Waals surface area contributed by atoms with E-state index in [1.165, 1.54) is 18.4 Å². The summed E-state index contributed by atoms with van der Waals surface area (Å²) >= 11 is 0. The largest absolute Gasteiger partial charge is 0.350 e. The molecule has 5 nitrogen and oxygen atoms in total. The second kappa shape index (κ2) is 7.16. The fourth-order valence-electron chi connectivity index (χ4n) is 2.84. The number of carbonyl (C=O) groups is 1. The summed E-state index contributed by atoms with van der Waals surface area (Å²) in [5.41, 5.74) is 8.67. The van der Waals surface area contributed by atoms with Gasteiger partial charge in [0.2, 0.25) is 0 Å². The minimum Gasteiger partial charge on any atom is -0.350 e. The normalized spacial score (nSPS) is 11.9. The molecule has 25 heavy (non-hydrogen) atoms. The Balaban J connectivity index is 1.91. The van der Waals surface area contributed by atoms with E-state index in [2.05, 4.69) is 4.74 Å². The first-order chi connectivity index (χ1) is 12.1. The molecule has 0 fully saturated rings. The topological polar surface area (TPSA) is 81.0 Å². The molecule has 0 aliphatic heterocycles. The third-order valence-corrected chi connectivity index (χ3v) is 4.03. The number of aromatic nitrogens is 1. The molecule has 126 valence electrons. The van der Waals surface area contributed by atoms with E-state index in [0.29, 0.717) is 6.54 Å². The van der Waals surface area contributed by atoms with Crippen LogP contribution in [0.4, 0.5) is 4.39 Å². The van der Waals surface area contributed by atoms with Crippen molar-refractivity contribution >= 4 is 16.9 Å². The van der Waals surface area contributed by atoms with Gasteiger partial charge in [0.05, 0.1) is 0 Å². The molecule has 0 unspecified atom stereocenters. The van der Waals surface area contributed by atoms with Gasteiger partial charge in [0, 0.05) is 30.1 Å². The first kappa shape index (κ1) is 16.7. The lowest BCUT2D eigenvalue weighted by molar-refractivity contribution is -0.138. The zero-order valence-corrected chi connectivity index (χ0v) is 13.4. The maximum atomic E-state index is 13.1. The molecule has 1 heterocycles. The Bertz CT molecular complexity index is 941. The standard InChI is InChI=1S/C19H16FN3O2/c20-15-7-5-13(6-8-15)10-23-11-14(9-17(22)19(24)25-12-21)16-3-1-2-4-18(16)23/h1-8,11,17H,9-10,22H2/t17-/m0/s1. The van der Waals surface area contributed by atoms with Crippen LogP contribution in [0.3, 0.4) is 0 Å². The molecule has 0 saturated heterocycles. The van der Waals surface area contributed by atoms with Crippen LogP contribution < -0.4 is 5.73 Å². The molecule has 0 aliphatic rings. The maximum Gasteiger partial charge on any atom is 0.338 e. The summed E-state index contributed by atoms with van der Waals surface area (Å²) in [4.78, 5) is 11.6. The highest BCUT2D eigenvalue weighted by atomic mass is 19.1. The maximum absolute atomic E-state index is 13.1. The summed E-state index contributed by atoms with van der Waals surface area (Å²) in [6.07, 6.45) is 3.53. The number of benzene rings is 2. The van der Waals surface area contributed by atoms with Gasteiger partial charge in [0.25, 0.3) is 6.26 Å². The number of nitrogens with two attached hydrogens (primary N) is 1. The van der Waals surface area contributed by atoms with Crippen molar-refractivity contribution in [3.05, 3.63) is 71.7 Å². The molecule has 3 aromatic rings. The molecule has 0 aliphatic carbocycles. The van der Waals surface area contributed by atoms with Crippen LogP contribution in [-0.4, -0.2) is 16.6 Å². The predicted molar refractivity (Wildman–Crippen MR) is 90.8 cm³/mol. The number of nitriles is 1. The van der Waals surface area contributed by atoms with Gasteiger partial charge in [-0.25, -0.2) is 9.18 Å². The average Bonchev–Trinajstić information content (AvgIpc) is 2.95. The Morgan fingerprint density at radius 3 is 2.68 bits per heavy atom. The van der Waals surface area contributed by atoms with Crippen molar-refractivity contribution < 1.29 is 13.9 Å². The Labute approximate surface area is 144 Å². The van der Waals surface area contributed by atoms with E-state index in [4.69, 9.17) is 11.0 Å². The third kappa shape index (κ3) is 3.67. The van der Waals surface area contributed by atoms with Crippen LogP contribution in [-0.2, 0) is 22.5 Å². The molecule has 2 aromatic carbocycles. The zero-order valence-electron chi connectivity index (χ0n) is 13.4. The lowest BCUT2D eigenvalue weighted by Crippen LogP contribution is -2.33. The first-order valence-electron chi connectivity index (χ1n) is 7.75. The SMILES string of the molecule is N#COC(=O)[C@@H](N)Cc1cn(Cc2ccc(F)cc2)c2ccccc12. The fourth-order valence-corrected chi connectivity index (χ4v) is 2.84. The van der Waals surface area contributed by atoms with Gasteiger partial charge in [-0.3, -0.25) is 0 Å². The lowest BCUT2D eigenvalue weighted by atomic mass is 10.1. The Hall–Kier alpha value is -3.17. The number of esters is 1. The first-order valence-corrected chi connectivity index (χ1v) is 7.75. The Kier molecular flexibility index (Phi) is 4.78. The van der Waals surface area contributed by atoms with Crippen molar-refractivity contribution in [3.8, 4) is 6.26 Å². The predicted octanol–water partition coefficient (Wildman–Crippen LogP) is 2.72. The zero-order chi connectivity index (χ0) is 17.8. The van der Waals surface area contributed by atoms with Crippen LogP contribution in [0, 0.1) is 17.3 Å². The number of rotatable bonds is 5. The number of ether oxygens (including phenoxy) is 1. The van der Waals surface area contributed by atoms with Crippen LogP contribution in [0.2, 0.25) is 0 Å². The molecule has 0 spiro atoms. The van der Waals surface area contributed by atoms with E-state index in [1.807, 2.05) is 35.0 Å². The number of hydrogen-bond acceptors (Lipinski definition) is 4. The summed E-state index contributed by atoms with van der Waals surface area (Å²) in [6, 6.07) is 13.2. The molecular formula is C19H16FN3O2. The van der Waals surface area contributed by atoms with Crippen molar-refractivity contribution in [2.45, 2.75) is 19.0 Å². The summed E-state index contributed by atoms with van der Waals surface area (Å²) in [5, 5.41) is 9.41. The number of halogens is 1. The lowest BCUT2D eigenvalue weighted by Gasteiger charge is -2.06. The van der Waals surface area contributed by atoms with Crippen molar-refractivity contribution in [2.24, 2.45) is 5.73 Å². The van der Waals surface area contributed by atoms with Gasteiger partial charge in [-0.1, -0.05) is 30.3 Å². The molecule has 2 N–H and O–H groups in total. The molecule has 0 amide bonds.